The quantitative estimate of drug-likeness (QED) is 0.329. The number of nitrogens with two attached hydrogens (primary N) is 1. The third-order valence-electron chi connectivity index (χ3n) is 4.74. The molecule has 2 aromatic rings. The molecule has 5 atom stereocenters. The molecule has 0 bridgehead atoms. The molecule has 0 amide bonds. The van der Waals surface area contributed by atoms with Crippen LogP contribution in [-0.2, 0) is 25.8 Å². The fourth-order valence-electron chi connectivity index (χ4n) is 3.24. The summed E-state index contributed by atoms with van der Waals surface area (Å²) in [6.07, 6.45) is -1.08. The lowest BCUT2D eigenvalue weighted by atomic mass is 10.2. The van der Waals surface area contributed by atoms with Gasteiger partial charge in [-0.3, -0.25) is 4.57 Å². The lowest BCUT2D eigenvalue weighted by Crippen LogP contribution is -2.34. The maximum absolute atomic E-state index is 15.1. The van der Waals surface area contributed by atoms with Gasteiger partial charge in [0, 0.05) is 18.7 Å². The molecule has 13 heteroatoms. The maximum Gasteiger partial charge on any atom is 0.351 e. The number of para-hydroxylation sites is 1. The van der Waals surface area contributed by atoms with Crippen molar-refractivity contribution in [3.8, 4) is 5.75 Å². The molecule has 1 aliphatic rings. The van der Waals surface area contributed by atoms with Gasteiger partial charge < -0.3 is 24.3 Å². The maximum atomic E-state index is 15.1. The van der Waals surface area contributed by atoms with E-state index in [0.717, 1.165) is 4.57 Å². The van der Waals surface area contributed by atoms with Gasteiger partial charge in [0.1, 0.15) is 11.6 Å². The summed E-state index contributed by atoms with van der Waals surface area (Å²) in [5.41, 5.74) is 4.74. The van der Waals surface area contributed by atoms with Crippen molar-refractivity contribution in [1.29, 1.82) is 0 Å². The second kappa shape index (κ2) is 11.4. The number of ether oxygens (including phenoxy) is 2. The van der Waals surface area contributed by atoms with Gasteiger partial charge in [-0.05, 0) is 50.8 Å². The van der Waals surface area contributed by atoms with Crippen LogP contribution in [0.15, 0.2) is 47.4 Å². The highest BCUT2D eigenvalue weighted by Crippen LogP contribution is 2.48. The smallest absolute Gasteiger partial charge is 0.351 e. The Morgan fingerprint density at radius 1 is 1.38 bits per heavy atom. The third kappa shape index (κ3) is 7.45. The van der Waals surface area contributed by atoms with Crippen molar-refractivity contribution in [3.05, 3.63) is 53.1 Å². The Balaban J connectivity index is 1.71. The van der Waals surface area contributed by atoms with Crippen LogP contribution in [0.1, 0.15) is 33.4 Å². The highest BCUT2D eigenvalue weighted by molar-refractivity contribution is 8.09. The second-order valence-electron chi connectivity index (χ2n) is 8.23. The predicted octanol–water partition coefficient (Wildman–Crippen LogP) is 3.74. The molecule has 2 heterocycles. The Kier molecular flexibility index (Phi) is 9.08. The number of rotatable bonds is 11. The molecule has 188 valence electrons. The van der Waals surface area contributed by atoms with Crippen molar-refractivity contribution in [2.75, 3.05) is 18.9 Å². The number of aromatic nitrogens is 2. The Morgan fingerprint density at radius 2 is 2.09 bits per heavy atom. The molecule has 0 spiro atoms. The SMILES string of the molecule is CC(COC(C)C)NP(=S)(OCC1CC(F)(Cl)C(n2ccc(N)nc2=O)O1)Oc1ccccc1. The molecule has 1 saturated heterocycles. The van der Waals surface area contributed by atoms with Crippen LogP contribution in [0.25, 0.3) is 0 Å². The molecule has 1 aromatic heterocycles. The summed E-state index contributed by atoms with van der Waals surface area (Å²) in [5, 5.41) is 0.838. The van der Waals surface area contributed by atoms with Crippen molar-refractivity contribution in [3.63, 3.8) is 0 Å². The minimum Gasteiger partial charge on any atom is -0.433 e. The molecule has 0 saturated carbocycles. The first-order valence-corrected chi connectivity index (χ1v) is 13.8. The van der Waals surface area contributed by atoms with Crippen LogP contribution in [0.4, 0.5) is 10.2 Å². The Labute approximate surface area is 207 Å². The second-order valence-corrected chi connectivity index (χ2v) is 12.0. The number of hydrogen-bond donors (Lipinski definition) is 2. The van der Waals surface area contributed by atoms with E-state index in [2.05, 4.69) is 10.1 Å². The van der Waals surface area contributed by atoms with Crippen molar-refractivity contribution < 1.29 is 22.9 Å². The van der Waals surface area contributed by atoms with E-state index in [-0.39, 0.29) is 31.0 Å². The number of nitrogens with one attached hydrogen (secondary N) is 1. The zero-order valence-corrected chi connectivity index (χ0v) is 21.6. The summed E-state index contributed by atoms with van der Waals surface area (Å²) in [7, 11) is 0. The first-order valence-electron chi connectivity index (χ1n) is 10.7. The summed E-state index contributed by atoms with van der Waals surface area (Å²) < 4.78 is 39.5. The van der Waals surface area contributed by atoms with Gasteiger partial charge in [-0.2, -0.15) is 4.98 Å². The molecule has 3 rings (SSSR count). The van der Waals surface area contributed by atoms with E-state index in [9.17, 15) is 4.79 Å². The standard InChI is InChI=1S/C21H29ClFN4O5PS/c1-14(2)29-12-15(3)26-33(34,32-16-7-5-4-6-8-16)30-13-17-11-21(22,23)19(31-17)27-10-9-18(24)25-20(27)28/h4-10,14-15,17,19H,11-13H2,1-3H3,(H,26,34)(H2,24,25,28). The summed E-state index contributed by atoms with van der Waals surface area (Å²) in [4.78, 5) is 15.8. The first kappa shape index (κ1) is 27.0. The molecule has 34 heavy (non-hydrogen) atoms. The summed E-state index contributed by atoms with van der Waals surface area (Å²) >= 11 is 11.8. The number of nitrogen functional groups attached to an aromatic ring is 1. The van der Waals surface area contributed by atoms with E-state index in [0.29, 0.717) is 12.4 Å². The Hall–Kier alpha value is -1.59. The molecule has 0 radical (unpaired) electrons. The monoisotopic (exact) mass is 534 g/mol. The van der Waals surface area contributed by atoms with Crippen LogP contribution in [0, 0.1) is 0 Å². The average molecular weight is 535 g/mol. The Morgan fingerprint density at radius 3 is 2.74 bits per heavy atom. The predicted molar refractivity (Wildman–Crippen MR) is 132 cm³/mol. The van der Waals surface area contributed by atoms with Crippen LogP contribution in [-0.4, -0.2) is 46.1 Å². The fraction of sp³-hybridized carbons (Fsp3) is 0.524. The van der Waals surface area contributed by atoms with Crippen LogP contribution in [0.3, 0.4) is 0 Å². The van der Waals surface area contributed by atoms with E-state index in [1.807, 2.05) is 39.0 Å². The minimum atomic E-state index is -3.10. The molecule has 3 N–H and O–H groups in total. The molecule has 1 aromatic carbocycles. The molecule has 0 aliphatic carbocycles. The summed E-state index contributed by atoms with van der Waals surface area (Å²) in [5.74, 6) is 0.538. The van der Waals surface area contributed by atoms with Gasteiger partial charge >= 0.3 is 12.3 Å². The van der Waals surface area contributed by atoms with Gasteiger partial charge in [-0.1, -0.05) is 29.8 Å². The molecule has 1 aliphatic heterocycles. The lowest BCUT2D eigenvalue weighted by molar-refractivity contribution is -0.0435. The number of anilines is 1. The van der Waals surface area contributed by atoms with E-state index in [1.165, 1.54) is 12.3 Å². The zero-order chi connectivity index (χ0) is 24.9. The summed E-state index contributed by atoms with van der Waals surface area (Å²) in [6, 6.07) is 10.2. The van der Waals surface area contributed by atoms with Crippen molar-refractivity contribution in [2.45, 2.75) is 56.8 Å². The largest absolute Gasteiger partial charge is 0.433 e. The minimum absolute atomic E-state index is 0.0125. The highest BCUT2D eigenvalue weighted by atomic mass is 35.5. The van der Waals surface area contributed by atoms with Crippen LogP contribution in [0.2, 0.25) is 0 Å². The number of nitrogens with zero attached hydrogens (tertiary/aromatic N) is 2. The normalized spacial score (nSPS) is 25.2. The van der Waals surface area contributed by atoms with E-state index in [1.54, 1.807) is 12.1 Å². The van der Waals surface area contributed by atoms with Crippen LogP contribution in [0.5, 0.6) is 5.75 Å². The number of halogens is 2. The molecule has 1 fully saturated rings. The molecule has 9 nitrogen and oxygen atoms in total. The Bertz CT molecular complexity index is 1060. The van der Waals surface area contributed by atoms with Crippen molar-refractivity contribution in [1.82, 2.24) is 14.6 Å². The summed E-state index contributed by atoms with van der Waals surface area (Å²) in [6.45, 7) is 2.95. The first-order chi connectivity index (χ1) is 16.0. The fourth-order valence-corrected chi connectivity index (χ4v) is 6.11. The van der Waals surface area contributed by atoms with Gasteiger partial charge in [0.05, 0.1) is 25.4 Å². The van der Waals surface area contributed by atoms with Gasteiger partial charge in [0.2, 0.25) is 5.13 Å². The average Bonchev–Trinajstić information content (AvgIpc) is 3.06. The van der Waals surface area contributed by atoms with Gasteiger partial charge in [-0.25, -0.2) is 14.3 Å². The number of benzene rings is 1. The van der Waals surface area contributed by atoms with Crippen LogP contribution >= 0.6 is 18.2 Å². The van der Waals surface area contributed by atoms with Gasteiger partial charge in [-0.15, -0.1) is 0 Å². The van der Waals surface area contributed by atoms with E-state index in [4.69, 9.17) is 47.7 Å². The van der Waals surface area contributed by atoms with Crippen LogP contribution < -0.4 is 21.0 Å². The third-order valence-corrected chi connectivity index (χ3v) is 7.64. The zero-order valence-electron chi connectivity index (χ0n) is 19.1. The lowest BCUT2D eigenvalue weighted by Gasteiger charge is -2.28. The number of alkyl halides is 2. The topological polar surface area (TPSA) is 110 Å². The van der Waals surface area contributed by atoms with Gasteiger partial charge in [0.15, 0.2) is 6.23 Å². The van der Waals surface area contributed by atoms with E-state index < -0.39 is 29.8 Å². The number of hydrogen-bond acceptors (Lipinski definition) is 8. The highest BCUT2D eigenvalue weighted by Gasteiger charge is 2.50. The van der Waals surface area contributed by atoms with E-state index >= 15 is 4.39 Å². The molecule has 5 unspecified atom stereocenters. The molecular formula is C21H29ClFN4O5PS. The van der Waals surface area contributed by atoms with Gasteiger partial charge in [0.25, 0.3) is 0 Å². The molecular weight excluding hydrogens is 506 g/mol. The van der Waals surface area contributed by atoms with Crippen molar-refractivity contribution in [2.24, 2.45) is 0 Å². The van der Waals surface area contributed by atoms with Crippen molar-refractivity contribution >= 4 is 35.9 Å².